The lowest BCUT2D eigenvalue weighted by molar-refractivity contribution is 0.266. The first-order chi connectivity index (χ1) is 9.56. The Hall–Kier alpha value is -1.74. The Kier molecular flexibility index (Phi) is 4.50. The Morgan fingerprint density at radius 2 is 2.25 bits per heavy atom. The van der Waals surface area contributed by atoms with Crippen LogP contribution in [0.15, 0.2) is 27.5 Å². The molecule has 2 heterocycles. The molecular formula is C14H15BrN4O. The van der Waals surface area contributed by atoms with Gasteiger partial charge in [-0.1, -0.05) is 19.0 Å². The van der Waals surface area contributed by atoms with Gasteiger partial charge in [0.15, 0.2) is 0 Å². The third-order valence-corrected chi connectivity index (χ3v) is 3.80. The van der Waals surface area contributed by atoms with Gasteiger partial charge in [0.1, 0.15) is 0 Å². The Balaban J connectivity index is 2.19. The highest BCUT2D eigenvalue weighted by Crippen LogP contribution is 2.30. The van der Waals surface area contributed by atoms with Crippen LogP contribution >= 0.6 is 15.9 Å². The molecule has 0 saturated carbocycles. The fourth-order valence-electron chi connectivity index (χ4n) is 1.85. The van der Waals surface area contributed by atoms with Crippen molar-refractivity contribution in [1.82, 2.24) is 15.1 Å². The molecule has 1 atom stereocenters. The average molecular weight is 335 g/mol. The molecule has 0 bridgehead atoms. The summed E-state index contributed by atoms with van der Waals surface area (Å²) in [5.74, 6) is 1.07. The van der Waals surface area contributed by atoms with E-state index in [1.807, 2.05) is 6.07 Å². The van der Waals surface area contributed by atoms with Gasteiger partial charge in [0.25, 0.3) is 0 Å². The predicted molar refractivity (Wildman–Crippen MR) is 77.6 cm³/mol. The largest absolute Gasteiger partial charge is 0.339 e. The Morgan fingerprint density at radius 3 is 2.90 bits per heavy atom. The van der Waals surface area contributed by atoms with E-state index in [-0.39, 0.29) is 5.41 Å². The van der Waals surface area contributed by atoms with Crippen LogP contribution in [0, 0.1) is 16.7 Å². The Labute approximate surface area is 126 Å². The van der Waals surface area contributed by atoms with Crippen molar-refractivity contribution in [3.8, 4) is 17.5 Å². The number of rotatable bonds is 5. The predicted octanol–water partition coefficient (Wildman–Crippen LogP) is 3.77. The maximum absolute atomic E-state index is 8.89. The average Bonchev–Trinajstić information content (AvgIpc) is 2.87. The Morgan fingerprint density at radius 1 is 1.45 bits per heavy atom. The topological polar surface area (TPSA) is 75.6 Å². The highest BCUT2D eigenvalue weighted by atomic mass is 79.9. The van der Waals surface area contributed by atoms with Gasteiger partial charge in [0.05, 0.1) is 6.07 Å². The van der Waals surface area contributed by atoms with Crippen LogP contribution in [-0.2, 0) is 6.42 Å². The number of pyridine rings is 1. The van der Waals surface area contributed by atoms with Crippen LogP contribution in [0.2, 0.25) is 0 Å². The molecule has 0 aliphatic rings. The van der Waals surface area contributed by atoms with Gasteiger partial charge in [-0.15, -0.1) is 0 Å². The zero-order valence-corrected chi connectivity index (χ0v) is 13.0. The van der Waals surface area contributed by atoms with E-state index in [0.29, 0.717) is 24.6 Å². The summed E-state index contributed by atoms with van der Waals surface area (Å²) in [5, 5.41) is 12.9. The molecule has 2 aromatic heterocycles. The number of aromatic nitrogens is 3. The van der Waals surface area contributed by atoms with E-state index in [9.17, 15) is 0 Å². The van der Waals surface area contributed by atoms with E-state index >= 15 is 0 Å². The van der Waals surface area contributed by atoms with Crippen LogP contribution in [0.5, 0.6) is 0 Å². The summed E-state index contributed by atoms with van der Waals surface area (Å²) in [6.45, 7) is 4.12. The van der Waals surface area contributed by atoms with E-state index in [2.05, 4.69) is 51.0 Å². The third-order valence-electron chi connectivity index (χ3n) is 3.37. The smallest absolute Gasteiger partial charge is 0.227 e. The minimum Gasteiger partial charge on any atom is -0.339 e. The van der Waals surface area contributed by atoms with E-state index < -0.39 is 0 Å². The van der Waals surface area contributed by atoms with Crippen LogP contribution in [-0.4, -0.2) is 15.1 Å². The van der Waals surface area contributed by atoms with Crippen LogP contribution in [0.25, 0.3) is 11.4 Å². The monoisotopic (exact) mass is 334 g/mol. The zero-order valence-electron chi connectivity index (χ0n) is 11.4. The first-order valence-electron chi connectivity index (χ1n) is 6.37. The summed E-state index contributed by atoms with van der Waals surface area (Å²) in [6.07, 6.45) is 5.35. The molecule has 0 N–H and O–H groups in total. The molecule has 0 aromatic carbocycles. The van der Waals surface area contributed by atoms with E-state index in [1.165, 1.54) is 0 Å². The number of halogens is 1. The molecule has 0 spiro atoms. The standard InChI is InChI=1S/C14H15BrN4O/c1-3-14(2,4-5-16)7-12-18-13(19-20-12)10-6-11(15)9-17-8-10/h6,8-9H,3-4,7H2,1-2H3. The SMILES string of the molecule is CCC(C)(CC#N)Cc1nc(-c2cncc(Br)c2)no1. The minimum atomic E-state index is -0.131. The van der Waals surface area contributed by atoms with Crippen molar-refractivity contribution < 1.29 is 4.52 Å². The van der Waals surface area contributed by atoms with Crippen molar-refractivity contribution >= 4 is 15.9 Å². The van der Waals surface area contributed by atoms with Crippen LogP contribution < -0.4 is 0 Å². The highest BCUT2D eigenvalue weighted by molar-refractivity contribution is 9.10. The molecule has 2 rings (SSSR count). The molecule has 0 amide bonds. The number of hydrogen-bond donors (Lipinski definition) is 0. The zero-order chi connectivity index (χ0) is 14.6. The maximum atomic E-state index is 8.89. The molecule has 0 fully saturated rings. The van der Waals surface area contributed by atoms with Crippen molar-refractivity contribution in [3.63, 3.8) is 0 Å². The second-order valence-corrected chi connectivity index (χ2v) is 6.00. The van der Waals surface area contributed by atoms with Gasteiger partial charge >= 0.3 is 0 Å². The van der Waals surface area contributed by atoms with Crippen LogP contribution in [0.3, 0.4) is 0 Å². The Bertz CT molecular complexity index is 634. The van der Waals surface area contributed by atoms with Gasteiger partial charge in [0.2, 0.25) is 11.7 Å². The van der Waals surface area contributed by atoms with Crippen molar-refractivity contribution in [2.24, 2.45) is 5.41 Å². The van der Waals surface area contributed by atoms with E-state index in [1.54, 1.807) is 12.4 Å². The summed E-state index contributed by atoms with van der Waals surface area (Å²) in [7, 11) is 0. The fraction of sp³-hybridized carbons (Fsp3) is 0.429. The lowest BCUT2D eigenvalue weighted by Crippen LogP contribution is -2.18. The molecule has 0 aliphatic heterocycles. The molecule has 0 radical (unpaired) electrons. The third kappa shape index (κ3) is 3.42. The highest BCUT2D eigenvalue weighted by Gasteiger charge is 2.25. The van der Waals surface area contributed by atoms with Gasteiger partial charge in [-0.05, 0) is 33.8 Å². The van der Waals surface area contributed by atoms with Crippen LogP contribution in [0.4, 0.5) is 0 Å². The summed E-state index contributed by atoms with van der Waals surface area (Å²) >= 11 is 3.36. The lowest BCUT2D eigenvalue weighted by Gasteiger charge is -2.22. The van der Waals surface area contributed by atoms with Crippen LogP contribution in [0.1, 0.15) is 32.6 Å². The summed E-state index contributed by atoms with van der Waals surface area (Å²) < 4.78 is 6.15. The quantitative estimate of drug-likeness (QED) is 0.831. The molecule has 6 heteroatoms. The molecule has 0 aliphatic carbocycles. The lowest BCUT2D eigenvalue weighted by atomic mass is 9.81. The second kappa shape index (κ2) is 6.14. The first kappa shape index (κ1) is 14.7. The van der Waals surface area contributed by atoms with Crippen molar-refractivity contribution in [1.29, 1.82) is 5.26 Å². The molecule has 104 valence electrons. The van der Waals surface area contributed by atoms with Gasteiger partial charge in [-0.3, -0.25) is 4.98 Å². The molecule has 20 heavy (non-hydrogen) atoms. The normalized spacial score (nSPS) is 13.7. The molecule has 2 aromatic rings. The van der Waals surface area contributed by atoms with Gasteiger partial charge in [0, 0.05) is 35.3 Å². The summed E-state index contributed by atoms with van der Waals surface area (Å²) in [4.78, 5) is 8.47. The van der Waals surface area contributed by atoms with Gasteiger partial charge in [-0.25, -0.2) is 0 Å². The molecule has 5 nitrogen and oxygen atoms in total. The summed E-state index contributed by atoms with van der Waals surface area (Å²) in [6, 6.07) is 4.10. The summed E-state index contributed by atoms with van der Waals surface area (Å²) in [5.41, 5.74) is 0.668. The van der Waals surface area contributed by atoms with E-state index in [4.69, 9.17) is 9.78 Å². The minimum absolute atomic E-state index is 0.131. The molecular weight excluding hydrogens is 320 g/mol. The number of nitriles is 1. The van der Waals surface area contributed by atoms with Crippen molar-refractivity contribution in [3.05, 3.63) is 28.8 Å². The van der Waals surface area contributed by atoms with Gasteiger partial charge in [-0.2, -0.15) is 10.2 Å². The van der Waals surface area contributed by atoms with Crippen molar-refractivity contribution in [2.45, 2.75) is 33.1 Å². The van der Waals surface area contributed by atoms with Gasteiger partial charge < -0.3 is 4.52 Å². The van der Waals surface area contributed by atoms with Crippen molar-refractivity contribution in [2.75, 3.05) is 0 Å². The first-order valence-corrected chi connectivity index (χ1v) is 7.16. The molecule has 1 unspecified atom stereocenters. The maximum Gasteiger partial charge on any atom is 0.227 e. The molecule has 0 saturated heterocycles. The number of nitrogens with zero attached hydrogens (tertiary/aromatic N) is 4. The second-order valence-electron chi connectivity index (χ2n) is 5.08. The van der Waals surface area contributed by atoms with E-state index in [0.717, 1.165) is 16.5 Å². The number of hydrogen-bond acceptors (Lipinski definition) is 5. The fourth-order valence-corrected chi connectivity index (χ4v) is 2.21.